The topological polar surface area (TPSA) is 118 Å². The lowest BCUT2D eigenvalue weighted by Gasteiger charge is -1.97. The highest BCUT2D eigenvalue weighted by Gasteiger charge is 2.24. The van der Waals surface area contributed by atoms with Gasteiger partial charge in [0.1, 0.15) is 0 Å². The van der Waals surface area contributed by atoms with E-state index in [9.17, 15) is 14.4 Å². The van der Waals surface area contributed by atoms with Crippen LogP contribution in [-0.4, -0.2) is 39.7 Å². The number of nitrogens with zero attached hydrogens (tertiary/aromatic N) is 2. The number of carbonyl (C=O) groups excluding carboxylic acids is 2. The molecule has 1 aliphatic heterocycles. The first-order valence-electron chi connectivity index (χ1n) is 8.17. The summed E-state index contributed by atoms with van der Waals surface area (Å²) in [6.07, 6.45) is 1.73. The van der Waals surface area contributed by atoms with Crippen molar-refractivity contribution in [1.82, 2.24) is 10.3 Å². The predicted molar refractivity (Wildman–Crippen MR) is 107 cm³/mol. The molecule has 1 amide bonds. The Balaban J connectivity index is 1.69. The molecule has 1 aliphatic rings. The van der Waals surface area contributed by atoms with Gasteiger partial charge in [0.15, 0.2) is 5.17 Å². The third-order valence-corrected chi connectivity index (χ3v) is 5.17. The number of hydrogen-bond donors (Lipinski definition) is 2. The Morgan fingerprint density at radius 2 is 2.07 bits per heavy atom. The molecule has 0 bridgehead atoms. The second-order valence-corrected chi connectivity index (χ2v) is 7.38. The summed E-state index contributed by atoms with van der Waals surface area (Å²) in [7, 11) is 0. The van der Waals surface area contributed by atoms with Crippen molar-refractivity contribution in [3.8, 4) is 0 Å². The lowest BCUT2D eigenvalue weighted by atomic mass is 10.1. The molecule has 0 unspecified atom stereocenters. The SMILES string of the molecule is CCOC(=O)Cc1csc(/N=C2\NC(=O)/C(=C/c3ccc(C(=O)O)cc3)S2)n1. The summed E-state index contributed by atoms with van der Waals surface area (Å²) < 4.78 is 4.88. The zero-order chi connectivity index (χ0) is 20.1. The zero-order valence-electron chi connectivity index (χ0n) is 14.7. The molecule has 0 radical (unpaired) electrons. The number of carboxylic acids is 1. The van der Waals surface area contributed by atoms with E-state index >= 15 is 0 Å². The van der Waals surface area contributed by atoms with Crippen LogP contribution in [0.4, 0.5) is 5.13 Å². The Kier molecular flexibility index (Phi) is 6.22. The van der Waals surface area contributed by atoms with Gasteiger partial charge >= 0.3 is 11.9 Å². The Morgan fingerprint density at radius 1 is 1.32 bits per heavy atom. The lowest BCUT2D eigenvalue weighted by molar-refractivity contribution is -0.142. The number of aromatic nitrogens is 1. The Labute approximate surface area is 168 Å². The number of ether oxygens (including phenoxy) is 1. The van der Waals surface area contributed by atoms with Gasteiger partial charge < -0.3 is 15.2 Å². The predicted octanol–water partition coefficient (Wildman–Crippen LogP) is 2.84. The van der Waals surface area contributed by atoms with Gasteiger partial charge in [-0.2, -0.15) is 4.99 Å². The highest BCUT2D eigenvalue weighted by molar-refractivity contribution is 8.18. The van der Waals surface area contributed by atoms with E-state index in [1.807, 2.05) is 0 Å². The maximum atomic E-state index is 12.1. The largest absolute Gasteiger partial charge is 0.478 e. The number of thioether (sulfide) groups is 1. The van der Waals surface area contributed by atoms with Crippen molar-refractivity contribution < 1.29 is 24.2 Å². The zero-order valence-corrected chi connectivity index (χ0v) is 16.3. The van der Waals surface area contributed by atoms with E-state index in [1.54, 1.807) is 30.5 Å². The Hall–Kier alpha value is -2.98. The quantitative estimate of drug-likeness (QED) is 0.548. The van der Waals surface area contributed by atoms with Crippen molar-refractivity contribution in [3.05, 3.63) is 51.4 Å². The fourth-order valence-electron chi connectivity index (χ4n) is 2.23. The molecule has 2 heterocycles. The Morgan fingerprint density at radius 3 is 2.75 bits per heavy atom. The number of benzene rings is 1. The van der Waals surface area contributed by atoms with E-state index in [4.69, 9.17) is 9.84 Å². The number of hydrogen-bond acceptors (Lipinski definition) is 8. The normalized spacial score (nSPS) is 16.4. The fourth-order valence-corrected chi connectivity index (χ4v) is 3.80. The number of rotatable bonds is 6. The van der Waals surface area contributed by atoms with E-state index in [0.717, 1.165) is 11.8 Å². The summed E-state index contributed by atoms with van der Waals surface area (Å²) in [5.74, 6) is -1.66. The van der Waals surface area contributed by atoms with E-state index in [1.165, 1.54) is 23.5 Å². The van der Waals surface area contributed by atoms with Gasteiger partial charge in [0.25, 0.3) is 5.91 Å². The summed E-state index contributed by atoms with van der Waals surface area (Å²) in [4.78, 5) is 43.5. The number of thiazole rings is 1. The van der Waals surface area contributed by atoms with Crippen LogP contribution in [0.25, 0.3) is 6.08 Å². The fraction of sp³-hybridized carbons (Fsp3) is 0.167. The van der Waals surface area contributed by atoms with Crippen molar-refractivity contribution in [2.45, 2.75) is 13.3 Å². The number of carbonyl (C=O) groups is 3. The van der Waals surface area contributed by atoms with Gasteiger partial charge in [-0.1, -0.05) is 12.1 Å². The van der Waals surface area contributed by atoms with Crippen LogP contribution in [0.1, 0.15) is 28.5 Å². The van der Waals surface area contributed by atoms with Crippen LogP contribution in [-0.2, 0) is 20.7 Å². The average molecular weight is 417 g/mol. The standard InChI is InChI=1S/C18H15N3O5S2/c1-2-26-14(22)8-12-9-27-17(19-12)21-18-20-15(23)13(28-18)7-10-3-5-11(6-4-10)16(24)25/h3-7,9H,2,8H2,1H3,(H,24,25)(H,19,20,21,23)/b13-7-. The number of amidine groups is 1. The monoisotopic (exact) mass is 417 g/mol. The molecular weight excluding hydrogens is 402 g/mol. The maximum Gasteiger partial charge on any atom is 0.335 e. The van der Waals surface area contributed by atoms with Gasteiger partial charge in [-0.25, -0.2) is 9.78 Å². The number of aromatic carboxylic acids is 1. The summed E-state index contributed by atoms with van der Waals surface area (Å²) in [6, 6.07) is 6.20. The van der Waals surface area contributed by atoms with Crippen LogP contribution in [0.5, 0.6) is 0 Å². The van der Waals surface area contributed by atoms with E-state index in [2.05, 4.69) is 15.3 Å². The summed E-state index contributed by atoms with van der Waals surface area (Å²) in [6.45, 7) is 2.05. The van der Waals surface area contributed by atoms with E-state index in [-0.39, 0.29) is 23.9 Å². The van der Waals surface area contributed by atoms with Gasteiger partial charge in [-0.05, 0) is 42.5 Å². The molecule has 2 aromatic rings. The van der Waals surface area contributed by atoms with Crippen molar-refractivity contribution in [2.24, 2.45) is 4.99 Å². The number of amides is 1. The summed E-state index contributed by atoms with van der Waals surface area (Å²) in [5, 5.41) is 14.1. The van der Waals surface area contributed by atoms with Crippen LogP contribution < -0.4 is 5.32 Å². The maximum absolute atomic E-state index is 12.1. The molecule has 0 spiro atoms. The highest BCUT2D eigenvalue weighted by Crippen LogP contribution is 2.29. The first-order chi connectivity index (χ1) is 13.4. The Bertz CT molecular complexity index is 979. The van der Waals surface area contributed by atoms with Crippen molar-refractivity contribution in [2.75, 3.05) is 6.61 Å². The van der Waals surface area contributed by atoms with Gasteiger partial charge in [0.2, 0.25) is 5.13 Å². The van der Waals surface area contributed by atoms with Crippen LogP contribution >= 0.6 is 23.1 Å². The van der Waals surface area contributed by atoms with Crippen molar-refractivity contribution in [1.29, 1.82) is 0 Å². The molecule has 0 saturated carbocycles. The first-order valence-corrected chi connectivity index (χ1v) is 9.87. The molecule has 10 heteroatoms. The van der Waals surface area contributed by atoms with Crippen LogP contribution in [0.3, 0.4) is 0 Å². The minimum Gasteiger partial charge on any atom is -0.478 e. The second kappa shape index (κ2) is 8.81. The third-order valence-electron chi connectivity index (χ3n) is 3.47. The van der Waals surface area contributed by atoms with Crippen LogP contribution in [0.15, 0.2) is 39.5 Å². The van der Waals surface area contributed by atoms with Crippen LogP contribution in [0, 0.1) is 0 Å². The number of esters is 1. The van der Waals surface area contributed by atoms with Gasteiger partial charge in [0.05, 0.1) is 29.2 Å². The second-order valence-electron chi connectivity index (χ2n) is 5.51. The van der Waals surface area contributed by atoms with Crippen molar-refractivity contribution >= 4 is 57.3 Å². The molecular formula is C18H15N3O5S2. The minimum atomic E-state index is -1.01. The molecule has 144 valence electrons. The molecule has 1 saturated heterocycles. The third kappa shape index (κ3) is 5.05. The average Bonchev–Trinajstić information content (AvgIpc) is 3.22. The lowest BCUT2D eigenvalue weighted by Crippen LogP contribution is -2.19. The molecule has 0 aliphatic carbocycles. The summed E-state index contributed by atoms with van der Waals surface area (Å²) in [5.41, 5.74) is 1.44. The molecule has 8 nitrogen and oxygen atoms in total. The molecule has 1 aromatic heterocycles. The number of nitrogens with one attached hydrogen (secondary N) is 1. The highest BCUT2D eigenvalue weighted by atomic mass is 32.2. The first kappa shape index (κ1) is 19.8. The molecule has 3 rings (SSSR count). The minimum absolute atomic E-state index is 0.0756. The van der Waals surface area contributed by atoms with Gasteiger partial charge in [-0.3, -0.25) is 9.59 Å². The molecule has 1 fully saturated rings. The molecule has 0 atom stereocenters. The van der Waals surface area contributed by atoms with E-state index < -0.39 is 5.97 Å². The summed E-state index contributed by atoms with van der Waals surface area (Å²) >= 11 is 2.42. The van der Waals surface area contributed by atoms with E-state index in [0.29, 0.717) is 33.1 Å². The van der Waals surface area contributed by atoms with Gasteiger partial charge in [0, 0.05) is 5.38 Å². The smallest absolute Gasteiger partial charge is 0.335 e. The molecule has 2 N–H and O–H groups in total. The van der Waals surface area contributed by atoms with Crippen LogP contribution in [0.2, 0.25) is 0 Å². The molecule has 1 aromatic carbocycles. The number of carboxylic acid groups (broad SMARTS) is 1. The molecule has 28 heavy (non-hydrogen) atoms. The van der Waals surface area contributed by atoms with Crippen molar-refractivity contribution in [3.63, 3.8) is 0 Å². The number of aliphatic imine (C=N–C) groups is 1. The van der Waals surface area contributed by atoms with Gasteiger partial charge in [-0.15, -0.1) is 11.3 Å².